The van der Waals surface area contributed by atoms with Crippen molar-refractivity contribution in [3.8, 4) is 0 Å². The third kappa shape index (κ3) is 63.2. The highest BCUT2D eigenvalue weighted by Gasteiger charge is 2.19. The fourth-order valence-corrected chi connectivity index (χ4v) is 11.1. The van der Waals surface area contributed by atoms with E-state index < -0.39 is 6.10 Å². The molecular formula is C70H136O6. The summed E-state index contributed by atoms with van der Waals surface area (Å²) >= 11 is 0. The lowest BCUT2D eigenvalue weighted by Crippen LogP contribution is -2.30. The van der Waals surface area contributed by atoms with E-state index in [4.69, 9.17) is 14.2 Å². The minimum atomic E-state index is -0.763. The van der Waals surface area contributed by atoms with E-state index in [1.54, 1.807) is 0 Å². The molecule has 0 bridgehead atoms. The molecular weight excluding hydrogens is 937 g/mol. The van der Waals surface area contributed by atoms with Crippen LogP contribution < -0.4 is 0 Å². The molecule has 0 N–H and O–H groups in total. The molecule has 0 heterocycles. The molecule has 0 saturated heterocycles. The van der Waals surface area contributed by atoms with Crippen molar-refractivity contribution in [2.24, 2.45) is 0 Å². The van der Waals surface area contributed by atoms with Gasteiger partial charge in [-0.25, -0.2) is 0 Å². The molecule has 76 heavy (non-hydrogen) atoms. The summed E-state index contributed by atoms with van der Waals surface area (Å²) in [6, 6.07) is 0. The van der Waals surface area contributed by atoms with Crippen molar-refractivity contribution >= 4 is 17.9 Å². The maximum absolute atomic E-state index is 12.9. The second-order valence-electron chi connectivity index (χ2n) is 24.2. The van der Waals surface area contributed by atoms with E-state index in [2.05, 4.69) is 20.8 Å². The Kier molecular flexibility index (Phi) is 64.5. The summed E-state index contributed by atoms with van der Waals surface area (Å²) in [7, 11) is 0. The molecule has 6 nitrogen and oxygen atoms in total. The summed E-state index contributed by atoms with van der Waals surface area (Å²) in [5, 5.41) is 0. The number of carbonyl (C=O) groups is 3. The molecule has 0 saturated carbocycles. The van der Waals surface area contributed by atoms with Crippen molar-refractivity contribution in [2.75, 3.05) is 13.2 Å². The number of hydrogen-bond donors (Lipinski definition) is 0. The highest BCUT2D eigenvalue weighted by atomic mass is 16.6. The average Bonchev–Trinajstić information content (AvgIpc) is 3.42. The first-order valence-electron chi connectivity index (χ1n) is 35.0. The van der Waals surface area contributed by atoms with Crippen molar-refractivity contribution < 1.29 is 28.6 Å². The third-order valence-corrected chi connectivity index (χ3v) is 16.4. The van der Waals surface area contributed by atoms with Crippen LogP contribution in [0.1, 0.15) is 412 Å². The van der Waals surface area contributed by atoms with Crippen molar-refractivity contribution in [3.05, 3.63) is 0 Å². The van der Waals surface area contributed by atoms with E-state index in [0.29, 0.717) is 19.3 Å². The second kappa shape index (κ2) is 65.9. The van der Waals surface area contributed by atoms with Crippen LogP contribution in [0.15, 0.2) is 0 Å². The predicted octanol–water partition coefficient (Wildman–Crippen LogP) is 23.8. The van der Waals surface area contributed by atoms with Crippen molar-refractivity contribution in [2.45, 2.75) is 419 Å². The van der Waals surface area contributed by atoms with Gasteiger partial charge in [-0.1, -0.05) is 374 Å². The molecule has 0 aromatic heterocycles. The Hall–Kier alpha value is -1.59. The number of rotatable bonds is 66. The zero-order valence-electron chi connectivity index (χ0n) is 52.1. The van der Waals surface area contributed by atoms with Gasteiger partial charge in [-0.05, 0) is 19.3 Å². The molecule has 0 aromatic rings. The van der Waals surface area contributed by atoms with Gasteiger partial charge < -0.3 is 14.2 Å². The molecule has 0 fully saturated rings. The lowest BCUT2D eigenvalue weighted by Gasteiger charge is -2.18. The topological polar surface area (TPSA) is 78.9 Å². The highest BCUT2D eigenvalue weighted by Crippen LogP contribution is 2.19. The zero-order chi connectivity index (χ0) is 55.0. The third-order valence-electron chi connectivity index (χ3n) is 16.4. The molecule has 0 amide bonds. The molecule has 1 unspecified atom stereocenters. The van der Waals surface area contributed by atoms with E-state index in [0.717, 1.165) is 57.8 Å². The van der Waals surface area contributed by atoms with Crippen molar-refractivity contribution in [1.29, 1.82) is 0 Å². The van der Waals surface area contributed by atoms with Crippen molar-refractivity contribution in [1.82, 2.24) is 0 Å². The van der Waals surface area contributed by atoms with Crippen LogP contribution in [0.2, 0.25) is 0 Å². The highest BCUT2D eigenvalue weighted by molar-refractivity contribution is 5.71. The smallest absolute Gasteiger partial charge is 0.306 e. The molecule has 452 valence electrons. The van der Waals surface area contributed by atoms with Crippen LogP contribution in [0.25, 0.3) is 0 Å². The van der Waals surface area contributed by atoms with Gasteiger partial charge in [0, 0.05) is 19.3 Å². The van der Waals surface area contributed by atoms with Gasteiger partial charge in [0.1, 0.15) is 13.2 Å². The van der Waals surface area contributed by atoms with E-state index in [1.807, 2.05) is 0 Å². The molecule has 0 aliphatic heterocycles. The van der Waals surface area contributed by atoms with E-state index in [1.165, 1.54) is 315 Å². The van der Waals surface area contributed by atoms with Gasteiger partial charge in [0.05, 0.1) is 0 Å². The first-order chi connectivity index (χ1) is 37.5. The SMILES string of the molecule is CCCCCCCCCCCCCCCCCCCCCCCCCCC(=O)OCC(COC(=O)CCCCCCCCCCCCCC)OC(=O)CCCCCCCCCCCCCCCCCCCCCCCC. The summed E-state index contributed by atoms with van der Waals surface area (Å²) in [4.78, 5) is 38.4. The van der Waals surface area contributed by atoms with Crippen LogP contribution >= 0.6 is 0 Å². The summed E-state index contributed by atoms with van der Waals surface area (Å²) in [5.41, 5.74) is 0. The molecule has 0 radical (unpaired) electrons. The van der Waals surface area contributed by atoms with Gasteiger partial charge in [-0.3, -0.25) is 14.4 Å². The lowest BCUT2D eigenvalue weighted by molar-refractivity contribution is -0.167. The average molecular weight is 1070 g/mol. The first-order valence-corrected chi connectivity index (χ1v) is 35.0. The van der Waals surface area contributed by atoms with Crippen LogP contribution in [0.4, 0.5) is 0 Å². The minimum Gasteiger partial charge on any atom is -0.462 e. The van der Waals surface area contributed by atoms with Gasteiger partial charge in [0.15, 0.2) is 6.10 Å². The normalized spacial score (nSPS) is 11.9. The van der Waals surface area contributed by atoms with Gasteiger partial charge in [0.2, 0.25) is 0 Å². The summed E-state index contributed by atoms with van der Waals surface area (Å²) in [6.07, 6.45) is 77.1. The number of hydrogen-bond acceptors (Lipinski definition) is 6. The Labute approximate surface area is 476 Å². The molecule has 0 spiro atoms. The summed E-state index contributed by atoms with van der Waals surface area (Å²) < 4.78 is 17.0. The van der Waals surface area contributed by atoms with Crippen molar-refractivity contribution in [3.63, 3.8) is 0 Å². The van der Waals surface area contributed by atoms with Crippen LogP contribution in [0, 0.1) is 0 Å². The summed E-state index contributed by atoms with van der Waals surface area (Å²) in [6.45, 7) is 6.74. The zero-order valence-corrected chi connectivity index (χ0v) is 52.1. The standard InChI is InChI=1S/C70H136O6/c1-4-7-10-13-16-19-22-25-27-29-31-33-35-36-38-39-41-43-45-48-51-54-57-60-63-69(72)75-66-67(65-74-68(71)62-59-56-53-50-47-24-21-18-15-12-9-6-3)76-70(73)64-61-58-55-52-49-46-44-42-40-37-34-32-30-28-26-23-20-17-14-11-8-5-2/h67H,4-66H2,1-3H3. The van der Waals surface area contributed by atoms with Gasteiger partial charge in [-0.15, -0.1) is 0 Å². The number of esters is 3. The second-order valence-corrected chi connectivity index (χ2v) is 24.2. The fourth-order valence-electron chi connectivity index (χ4n) is 11.1. The number of ether oxygens (including phenoxy) is 3. The molecule has 0 aromatic carbocycles. The number of unbranched alkanes of at least 4 members (excludes halogenated alkanes) is 55. The van der Waals surface area contributed by atoms with E-state index in [-0.39, 0.29) is 31.1 Å². The Morgan fingerprint density at radius 3 is 0.526 bits per heavy atom. The Balaban J connectivity index is 4.17. The number of carbonyl (C=O) groups excluding carboxylic acids is 3. The van der Waals surface area contributed by atoms with E-state index >= 15 is 0 Å². The van der Waals surface area contributed by atoms with Crippen LogP contribution in [0.5, 0.6) is 0 Å². The maximum atomic E-state index is 12.9. The largest absolute Gasteiger partial charge is 0.462 e. The van der Waals surface area contributed by atoms with Crippen LogP contribution in [-0.2, 0) is 28.6 Å². The fraction of sp³-hybridized carbons (Fsp3) is 0.957. The van der Waals surface area contributed by atoms with Gasteiger partial charge in [0.25, 0.3) is 0 Å². The Morgan fingerprint density at radius 2 is 0.355 bits per heavy atom. The quantitative estimate of drug-likeness (QED) is 0.0343. The van der Waals surface area contributed by atoms with Gasteiger partial charge in [-0.2, -0.15) is 0 Å². The molecule has 0 rings (SSSR count). The molecule has 1 atom stereocenters. The first kappa shape index (κ1) is 74.4. The predicted molar refractivity (Wildman–Crippen MR) is 330 cm³/mol. The summed E-state index contributed by atoms with van der Waals surface area (Å²) in [5.74, 6) is -0.822. The van der Waals surface area contributed by atoms with E-state index in [9.17, 15) is 14.4 Å². The maximum Gasteiger partial charge on any atom is 0.306 e. The van der Waals surface area contributed by atoms with Gasteiger partial charge >= 0.3 is 17.9 Å². The monoisotopic (exact) mass is 1070 g/mol. The molecule has 6 heteroatoms. The molecule has 0 aliphatic rings. The Morgan fingerprint density at radius 1 is 0.211 bits per heavy atom. The van der Waals surface area contributed by atoms with Crippen LogP contribution in [0.3, 0.4) is 0 Å². The Bertz CT molecular complexity index is 1140. The lowest BCUT2D eigenvalue weighted by atomic mass is 10.0. The van der Waals surface area contributed by atoms with Crippen LogP contribution in [-0.4, -0.2) is 37.2 Å². The minimum absolute atomic E-state index is 0.0603. The molecule has 0 aliphatic carbocycles.